The van der Waals surface area contributed by atoms with Gasteiger partial charge in [-0.25, -0.2) is 4.68 Å². The van der Waals surface area contributed by atoms with Crippen LogP contribution in [-0.2, 0) is 11.5 Å². The van der Waals surface area contributed by atoms with E-state index in [1.54, 1.807) is 4.68 Å². The summed E-state index contributed by atoms with van der Waals surface area (Å²) in [5, 5.41) is 8.15. The Hall–Kier alpha value is -2.46. The van der Waals surface area contributed by atoms with E-state index >= 15 is 0 Å². The molecule has 0 spiro atoms. The lowest BCUT2D eigenvalue weighted by Gasteiger charge is -2.01. The van der Waals surface area contributed by atoms with Gasteiger partial charge in [0.15, 0.2) is 0 Å². The molecule has 4 heteroatoms. The predicted octanol–water partition coefficient (Wildman–Crippen LogP) is 3.12. The smallest absolute Gasteiger partial charge is 0.142 e. The topological polar surface area (TPSA) is 39.9 Å². The first-order chi connectivity index (χ1) is 9.93. The van der Waals surface area contributed by atoms with Gasteiger partial charge in [-0.15, -0.1) is 5.10 Å². The van der Waals surface area contributed by atoms with Gasteiger partial charge in [-0.05, 0) is 17.7 Å². The average molecular weight is 265 g/mol. The van der Waals surface area contributed by atoms with E-state index in [4.69, 9.17) is 4.74 Å². The largest absolute Gasteiger partial charge is 0.355 e. The maximum absolute atomic E-state index is 5.58. The van der Waals surface area contributed by atoms with E-state index in [0.29, 0.717) is 13.3 Å². The molecule has 1 heterocycles. The van der Waals surface area contributed by atoms with E-state index in [1.807, 2.05) is 54.6 Å². The maximum atomic E-state index is 5.58. The van der Waals surface area contributed by atoms with Gasteiger partial charge < -0.3 is 4.74 Å². The van der Waals surface area contributed by atoms with Crippen LogP contribution in [0.5, 0.6) is 0 Å². The molecule has 0 unspecified atom stereocenters. The average Bonchev–Trinajstić information content (AvgIpc) is 2.91. The van der Waals surface area contributed by atoms with Crippen LogP contribution in [0.25, 0.3) is 17.1 Å². The highest BCUT2D eigenvalue weighted by molar-refractivity contribution is 5.73. The molecule has 0 bridgehead atoms. The summed E-state index contributed by atoms with van der Waals surface area (Å²) in [7, 11) is 0. The zero-order chi connectivity index (χ0) is 13.6. The lowest BCUT2D eigenvalue weighted by Crippen LogP contribution is -2.04. The van der Waals surface area contributed by atoms with Crippen molar-refractivity contribution < 1.29 is 4.74 Å². The molecule has 0 atom stereocenters. The summed E-state index contributed by atoms with van der Waals surface area (Å²) in [4.78, 5) is 0. The van der Waals surface area contributed by atoms with Crippen LogP contribution in [0, 0.1) is 0 Å². The molecule has 20 heavy (non-hydrogen) atoms. The normalized spacial score (nSPS) is 11.4. The predicted molar refractivity (Wildman–Crippen MR) is 79.0 cm³/mol. The summed E-state index contributed by atoms with van der Waals surface area (Å²) in [6, 6.07) is 18.0. The van der Waals surface area contributed by atoms with Crippen LogP contribution in [0.1, 0.15) is 5.56 Å². The van der Waals surface area contributed by atoms with Crippen molar-refractivity contribution in [3.05, 3.63) is 66.2 Å². The number of para-hydroxylation sites is 1. The van der Waals surface area contributed by atoms with Crippen LogP contribution in [0.4, 0.5) is 0 Å². The Morgan fingerprint density at radius 2 is 1.80 bits per heavy atom. The molecule has 0 fully saturated rings. The summed E-state index contributed by atoms with van der Waals surface area (Å²) in [5.74, 6) is 0. The van der Waals surface area contributed by atoms with Crippen molar-refractivity contribution in [3.63, 3.8) is 0 Å². The third-order valence-corrected chi connectivity index (χ3v) is 2.96. The summed E-state index contributed by atoms with van der Waals surface area (Å²) in [5.41, 5.74) is 3.04. The molecule has 0 amide bonds. The number of ether oxygens (including phenoxy) is 1. The molecular weight excluding hydrogens is 250 g/mol. The van der Waals surface area contributed by atoms with Gasteiger partial charge >= 0.3 is 0 Å². The van der Waals surface area contributed by atoms with Crippen molar-refractivity contribution in [2.45, 2.75) is 6.73 Å². The van der Waals surface area contributed by atoms with Crippen LogP contribution in [0.3, 0.4) is 0 Å². The standard InChI is InChI=1S/C16H15N3O/c1-2-7-14(8-3-1)9-6-12-20-13-19-16-11-5-4-10-15(16)17-18-19/h1-11H,12-13H2/b9-6+. The Balaban J connectivity index is 1.54. The summed E-state index contributed by atoms with van der Waals surface area (Å²) >= 11 is 0. The molecule has 4 nitrogen and oxygen atoms in total. The molecule has 0 aliphatic rings. The van der Waals surface area contributed by atoms with E-state index in [-0.39, 0.29) is 0 Å². The first-order valence-electron chi connectivity index (χ1n) is 6.51. The van der Waals surface area contributed by atoms with Crippen LogP contribution in [-0.4, -0.2) is 21.6 Å². The third kappa shape index (κ3) is 2.92. The fourth-order valence-electron chi connectivity index (χ4n) is 1.97. The molecular formula is C16H15N3O. The van der Waals surface area contributed by atoms with Gasteiger partial charge in [0.1, 0.15) is 12.2 Å². The number of hydrogen-bond donors (Lipinski definition) is 0. The number of fused-ring (bicyclic) bond motifs is 1. The quantitative estimate of drug-likeness (QED) is 0.665. The van der Waals surface area contributed by atoms with Crippen molar-refractivity contribution >= 4 is 17.1 Å². The molecule has 0 saturated carbocycles. The van der Waals surface area contributed by atoms with Crippen molar-refractivity contribution in [2.75, 3.05) is 6.61 Å². The van der Waals surface area contributed by atoms with E-state index in [1.165, 1.54) is 5.56 Å². The Bertz CT molecular complexity index is 704. The highest BCUT2D eigenvalue weighted by Crippen LogP contribution is 2.09. The fraction of sp³-hybridized carbons (Fsp3) is 0.125. The van der Waals surface area contributed by atoms with Crippen molar-refractivity contribution in [1.82, 2.24) is 15.0 Å². The first-order valence-corrected chi connectivity index (χ1v) is 6.51. The lowest BCUT2D eigenvalue weighted by molar-refractivity contribution is 0.0931. The Labute approximate surface area is 117 Å². The van der Waals surface area contributed by atoms with Gasteiger partial charge in [-0.2, -0.15) is 0 Å². The molecule has 0 N–H and O–H groups in total. The summed E-state index contributed by atoms with van der Waals surface area (Å²) < 4.78 is 7.34. The number of rotatable bonds is 5. The van der Waals surface area contributed by atoms with Crippen molar-refractivity contribution in [2.24, 2.45) is 0 Å². The van der Waals surface area contributed by atoms with Crippen LogP contribution in [0.2, 0.25) is 0 Å². The first kappa shape index (κ1) is 12.6. The maximum Gasteiger partial charge on any atom is 0.142 e. The minimum Gasteiger partial charge on any atom is -0.355 e. The van der Waals surface area contributed by atoms with Crippen LogP contribution >= 0.6 is 0 Å². The summed E-state index contributed by atoms with van der Waals surface area (Å²) in [6.45, 7) is 0.947. The SMILES string of the molecule is C(=C\c1ccccc1)/COCn1nnc2ccccc21. The molecule has 1 aromatic heterocycles. The van der Waals surface area contributed by atoms with Gasteiger partial charge in [0.05, 0.1) is 12.1 Å². The second kappa shape index (κ2) is 6.12. The van der Waals surface area contributed by atoms with Gasteiger partial charge in [0.2, 0.25) is 0 Å². The molecule has 0 radical (unpaired) electrons. The lowest BCUT2D eigenvalue weighted by atomic mass is 10.2. The Kier molecular flexibility index (Phi) is 3.85. The second-order valence-electron chi connectivity index (χ2n) is 4.39. The highest BCUT2D eigenvalue weighted by Gasteiger charge is 2.01. The fourth-order valence-corrected chi connectivity index (χ4v) is 1.97. The van der Waals surface area contributed by atoms with E-state index < -0.39 is 0 Å². The Morgan fingerprint density at radius 1 is 1.00 bits per heavy atom. The number of nitrogens with zero attached hydrogens (tertiary/aromatic N) is 3. The van der Waals surface area contributed by atoms with Crippen LogP contribution < -0.4 is 0 Å². The molecule has 3 aromatic rings. The van der Waals surface area contributed by atoms with Crippen molar-refractivity contribution in [1.29, 1.82) is 0 Å². The van der Waals surface area contributed by atoms with Gasteiger partial charge in [-0.3, -0.25) is 0 Å². The molecule has 100 valence electrons. The number of hydrogen-bond acceptors (Lipinski definition) is 3. The zero-order valence-corrected chi connectivity index (χ0v) is 11.0. The van der Waals surface area contributed by atoms with Gasteiger partial charge in [0.25, 0.3) is 0 Å². The molecule has 0 aliphatic heterocycles. The monoisotopic (exact) mass is 265 g/mol. The second-order valence-corrected chi connectivity index (χ2v) is 4.39. The van der Waals surface area contributed by atoms with E-state index in [9.17, 15) is 0 Å². The number of aromatic nitrogens is 3. The molecule has 0 saturated heterocycles. The minimum absolute atomic E-state index is 0.402. The zero-order valence-electron chi connectivity index (χ0n) is 11.0. The van der Waals surface area contributed by atoms with E-state index in [2.05, 4.69) is 22.4 Å². The molecule has 3 rings (SSSR count). The summed E-state index contributed by atoms with van der Waals surface area (Å²) in [6.07, 6.45) is 4.04. The van der Waals surface area contributed by atoms with Gasteiger partial charge in [0, 0.05) is 0 Å². The van der Waals surface area contributed by atoms with E-state index in [0.717, 1.165) is 11.0 Å². The van der Waals surface area contributed by atoms with Crippen LogP contribution in [0.15, 0.2) is 60.7 Å². The Morgan fingerprint density at radius 3 is 2.70 bits per heavy atom. The third-order valence-electron chi connectivity index (χ3n) is 2.96. The molecule has 0 aliphatic carbocycles. The molecule has 2 aromatic carbocycles. The highest BCUT2D eigenvalue weighted by atomic mass is 16.5. The van der Waals surface area contributed by atoms with Gasteiger partial charge in [-0.1, -0.05) is 59.8 Å². The minimum atomic E-state index is 0.402. The number of benzene rings is 2. The van der Waals surface area contributed by atoms with Crippen molar-refractivity contribution in [3.8, 4) is 0 Å².